The number of oxime groups is 1. The first-order valence-corrected chi connectivity index (χ1v) is 6.91. The van der Waals surface area contributed by atoms with Gasteiger partial charge in [-0.2, -0.15) is 0 Å². The molecule has 0 spiro atoms. The Hall–Kier alpha value is -2.08. The average molecular weight is 274 g/mol. The van der Waals surface area contributed by atoms with E-state index in [1.807, 2.05) is 23.5 Å². The number of anilines is 1. The summed E-state index contributed by atoms with van der Waals surface area (Å²) in [5.41, 5.74) is 7.44. The zero-order chi connectivity index (χ0) is 13.2. The lowest BCUT2D eigenvalue weighted by Crippen LogP contribution is -2.30. The minimum Gasteiger partial charge on any atom is -0.409 e. The summed E-state index contributed by atoms with van der Waals surface area (Å²) in [5, 5.41) is 13.8. The second-order valence-electron chi connectivity index (χ2n) is 4.41. The molecule has 0 aromatic carbocycles. The van der Waals surface area contributed by atoms with Crippen LogP contribution >= 0.6 is 11.3 Å². The van der Waals surface area contributed by atoms with Crippen LogP contribution in [0.1, 0.15) is 16.1 Å². The Morgan fingerprint density at radius 1 is 1.42 bits per heavy atom. The van der Waals surface area contributed by atoms with Crippen LogP contribution in [0.3, 0.4) is 0 Å². The Balaban J connectivity index is 1.88. The molecule has 6 heteroatoms. The second-order valence-corrected chi connectivity index (χ2v) is 5.41. The van der Waals surface area contributed by atoms with Gasteiger partial charge in [0.2, 0.25) is 0 Å². The third-order valence-corrected chi connectivity index (χ3v) is 4.26. The van der Waals surface area contributed by atoms with Crippen molar-refractivity contribution in [2.75, 3.05) is 11.4 Å². The highest BCUT2D eigenvalue weighted by atomic mass is 32.1. The van der Waals surface area contributed by atoms with Crippen molar-refractivity contribution in [2.24, 2.45) is 10.9 Å². The lowest BCUT2D eigenvalue weighted by atomic mass is 10.1. The Kier molecular flexibility index (Phi) is 3.08. The summed E-state index contributed by atoms with van der Waals surface area (Å²) in [6.07, 6.45) is 1.04. The van der Waals surface area contributed by atoms with Crippen molar-refractivity contribution >= 4 is 23.0 Å². The quantitative estimate of drug-likeness (QED) is 0.379. The van der Waals surface area contributed by atoms with Crippen LogP contribution in [0.2, 0.25) is 0 Å². The van der Waals surface area contributed by atoms with E-state index in [0.29, 0.717) is 5.69 Å². The number of hydrogen-bond donors (Lipinski definition) is 2. The van der Waals surface area contributed by atoms with Gasteiger partial charge in [-0.25, -0.2) is 4.98 Å². The van der Waals surface area contributed by atoms with Gasteiger partial charge in [0.15, 0.2) is 5.84 Å². The predicted octanol–water partition coefficient (Wildman–Crippen LogP) is 1.80. The van der Waals surface area contributed by atoms with Gasteiger partial charge in [-0.15, -0.1) is 11.3 Å². The van der Waals surface area contributed by atoms with Gasteiger partial charge in [-0.3, -0.25) is 0 Å². The highest BCUT2D eigenvalue weighted by molar-refractivity contribution is 7.10. The summed E-state index contributed by atoms with van der Waals surface area (Å²) < 4.78 is 0. The summed E-state index contributed by atoms with van der Waals surface area (Å²) >= 11 is 1.82. The smallest absolute Gasteiger partial charge is 0.188 e. The molecule has 0 bridgehead atoms. The first kappa shape index (κ1) is 12.0. The van der Waals surface area contributed by atoms with Crippen LogP contribution in [0.25, 0.3) is 0 Å². The molecule has 19 heavy (non-hydrogen) atoms. The highest BCUT2D eigenvalue weighted by Gasteiger charge is 2.18. The number of aromatic nitrogens is 1. The molecule has 0 atom stereocenters. The molecule has 0 unspecified atom stereocenters. The van der Waals surface area contributed by atoms with Gasteiger partial charge in [0.25, 0.3) is 0 Å². The number of thiophene rings is 1. The molecule has 0 amide bonds. The summed E-state index contributed by atoms with van der Waals surface area (Å²) in [6, 6.07) is 7.72. The molecule has 0 saturated heterocycles. The van der Waals surface area contributed by atoms with Gasteiger partial charge in [0.1, 0.15) is 11.5 Å². The van der Waals surface area contributed by atoms with Crippen LogP contribution in [0.4, 0.5) is 5.82 Å². The van der Waals surface area contributed by atoms with Crippen molar-refractivity contribution < 1.29 is 5.21 Å². The van der Waals surface area contributed by atoms with Crippen LogP contribution in [0, 0.1) is 0 Å². The summed E-state index contributed by atoms with van der Waals surface area (Å²) in [4.78, 5) is 8.11. The molecule has 5 nitrogen and oxygen atoms in total. The van der Waals surface area contributed by atoms with E-state index in [0.717, 1.165) is 25.3 Å². The Morgan fingerprint density at radius 3 is 3.16 bits per heavy atom. The minimum atomic E-state index is 0.0371. The maximum atomic E-state index is 8.70. The molecule has 1 aliphatic heterocycles. The van der Waals surface area contributed by atoms with Crippen molar-refractivity contribution in [1.29, 1.82) is 0 Å². The number of fused-ring (bicyclic) bond motifs is 1. The van der Waals surface area contributed by atoms with Crippen molar-refractivity contribution in [3.63, 3.8) is 0 Å². The van der Waals surface area contributed by atoms with Gasteiger partial charge >= 0.3 is 0 Å². The number of hydrogen-bond acceptors (Lipinski definition) is 5. The monoisotopic (exact) mass is 274 g/mol. The molecule has 3 heterocycles. The maximum absolute atomic E-state index is 8.70. The molecule has 2 aromatic rings. The first-order chi connectivity index (χ1) is 9.28. The maximum Gasteiger partial charge on any atom is 0.188 e. The molecule has 3 rings (SSSR count). The number of nitrogens with zero attached hydrogens (tertiary/aromatic N) is 3. The van der Waals surface area contributed by atoms with Crippen molar-refractivity contribution in [1.82, 2.24) is 4.98 Å². The van der Waals surface area contributed by atoms with Gasteiger partial charge < -0.3 is 15.8 Å². The standard InChI is InChI=1S/C13H14N4OS/c14-13(16-18)10-2-1-3-12(15-10)17-6-4-11-9(8-17)5-7-19-11/h1-3,5,7,18H,4,6,8H2,(H2,14,16). The van der Waals surface area contributed by atoms with Crippen LogP contribution < -0.4 is 10.6 Å². The summed E-state index contributed by atoms with van der Waals surface area (Å²) in [7, 11) is 0. The number of pyridine rings is 1. The Labute approximate surface area is 115 Å². The van der Waals surface area contributed by atoms with Crippen molar-refractivity contribution in [2.45, 2.75) is 13.0 Å². The van der Waals surface area contributed by atoms with Crippen molar-refractivity contribution in [3.8, 4) is 0 Å². The zero-order valence-electron chi connectivity index (χ0n) is 10.3. The second kappa shape index (κ2) is 4.89. The van der Waals surface area contributed by atoms with E-state index < -0.39 is 0 Å². The molecule has 0 radical (unpaired) electrons. The molecule has 3 N–H and O–H groups in total. The fraction of sp³-hybridized carbons (Fsp3) is 0.231. The van der Waals surface area contributed by atoms with E-state index in [-0.39, 0.29) is 5.84 Å². The average Bonchev–Trinajstić information content (AvgIpc) is 2.94. The van der Waals surface area contributed by atoms with Gasteiger partial charge in [0.05, 0.1) is 0 Å². The SMILES string of the molecule is NC(=NO)c1cccc(N2CCc3sccc3C2)n1. The molecular weight excluding hydrogens is 260 g/mol. The van der Waals surface area contributed by atoms with Crippen LogP contribution in [0.5, 0.6) is 0 Å². The van der Waals surface area contributed by atoms with Crippen molar-refractivity contribution in [3.05, 3.63) is 45.8 Å². The van der Waals surface area contributed by atoms with E-state index in [2.05, 4.69) is 26.5 Å². The van der Waals surface area contributed by atoms with Crippen LogP contribution in [-0.2, 0) is 13.0 Å². The number of amidine groups is 1. The van der Waals surface area contributed by atoms with Crippen LogP contribution in [0.15, 0.2) is 34.8 Å². The Bertz CT molecular complexity index is 623. The van der Waals surface area contributed by atoms with Gasteiger partial charge in [0, 0.05) is 18.0 Å². The third kappa shape index (κ3) is 2.26. The first-order valence-electron chi connectivity index (χ1n) is 6.03. The largest absolute Gasteiger partial charge is 0.409 e. The van der Waals surface area contributed by atoms with E-state index in [1.54, 1.807) is 6.07 Å². The van der Waals surface area contributed by atoms with E-state index in [4.69, 9.17) is 10.9 Å². The lowest BCUT2D eigenvalue weighted by Gasteiger charge is -2.28. The summed E-state index contributed by atoms with van der Waals surface area (Å²) in [5.74, 6) is 0.899. The molecule has 1 aliphatic rings. The Morgan fingerprint density at radius 2 is 2.32 bits per heavy atom. The van der Waals surface area contributed by atoms with Crippen LogP contribution in [-0.4, -0.2) is 22.6 Å². The van der Waals surface area contributed by atoms with E-state index >= 15 is 0 Å². The minimum absolute atomic E-state index is 0.0371. The van der Waals surface area contributed by atoms with E-state index in [1.165, 1.54) is 10.4 Å². The van der Waals surface area contributed by atoms with Gasteiger partial charge in [-0.1, -0.05) is 11.2 Å². The summed E-state index contributed by atoms with van der Waals surface area (Å²) in [6.45, 7) is 1.81. The predicted molar refractivity (Wildman–Crippen MR) is 75.8 cm³/mol. The molecule has 0 aliphatic carbocycles. The fourth-order valence-corrected chi connectivity index (χ4v) is 3.13. The zero-order valence-corrected chi connectivity index (χ0v) is 11.1. The molecule has 0 saturated carbocycles. The normalized spacial score (nSPS) is 15.4. The number of nitrogens with two attached hydrogens (primary N) is 1. The third-order valence-electron chi connectivity index (χ3n) is 3.24. The topological polar surface area (TPSA) is 74.7 Å². The van der Waals surface area contributed by atoms with E-state index in [9.17, 15) is 0 Å². The lowest BCUT2D eigenvalue weighted by molar-refractivity contribution is 0.318. The molecule has 2 aromatic heterocycles. The molecule has 98 valence electrons. The fourth-order valence-electron chi connectivity index (χ4n) is 2.24. The molecular formula is C13H14N4OS. The molecule has 0 fully saturated rings. The van der Waals surface area contributed by atoms with Gasteiger partial charge in [-0.05, 0) is 35.6 Å². The highest BCUT2D eigenvalue weighted by Crippen LogP contribution is 2.26. The number of rotatable bonds is 2.